The smallest absolute Gasteiger partial charge is 0.407 e. The number of nitrogens with one attached hydrogen (secondary N) is 1. The fraction of sp³-hybridized carbons (Fsp3) is 0.579. The number of ether oxygens (including phenoxy) is 2. The van der Waals surface area contributed by atoms with Gasteiger partial charge in [-0.25, -0.2) is 4.79 Å². The van der Waals surface area contributed by atoms with E-state index >= 15 is 0 Å². The van der Waals surface area contributed by atoms with E-state index in [1.165, 1.54) is 12.0 Å². The topological polar surface area (TPSA) is 93.9 Å². The van der Waals surface area contributed by atoms with Crippen molar-refractivity contribution in [3.05, 3.63) is 36.6 Å². The zero-order valence-electron chi connectivity index (χ0n) is 16.8. The Balaban J connectivity index is 4.49. The molecule has 0 aromatic rings. The molecule has 0 spiro atoms. The number of nitrogens with zero attached hydrogens (tertiary/aromatic N) is 1. The van der Waals surface area contributed by atoms with Crippen LogP contribution in [0.3, 0.4) is 0 Å². The third kappa shape index (κ3) is 9.27. The number of hydrogen-bond acceptors (Lipinski definition) is 5. The minimum Gasteiger partial charge on any atom is -0.497 e. The molecule has 3 N–H and O–H groups in total. The lowest BCUT2D eigenvalue weighted by Crippen LogP contribution is -2.47. The second kappa shape index (κ2) is 10.7. The third-order valence-electron chi connectivity index (χ3n) is 3.65. The lowest BCUT2D eigenvalue weighted by molar-refractivity contribution is -0.132. The molecule has 0 rings (SSSR count). The van der Waals surface area contributed by atoms with E-state index in [2.05, 4.69) is 18.5 Å². The van der Waals surface area contributed by atoms with E-state index in [4.69, 9.17) is 15.2 Å². The summed E-state index contributed by atoms with van der Waals surface area (Å²) in [5.41, 5.74) is 6.10. The van der Waals surface area contributed by atoms with Crippen molar-refractivity contribution in [2.45, 2.75) is 51.8 Å². The van der Waals surface area contributed by atoms with E-state index in [9.17, 15) is 9.59 Å². The molecular weight excluding hydrogens is 334 g/mol. The Labute approximate surface area is 156 Å². The van der Waals surface area contributed by atoms with Crippen molar-refractivity contribution < 1.29 is 19.1 Å². The molecule has 0 heterocycles. The second-order valence-electron chi connectivity index (χ2n) is 7.03. The highest BCUT2D eigenvalue weighted by Crippen LogP contribution is 2.11. The number of alkyl carbamates (subject to hydrolysis) is 1. The molecule has 0 fully saturated rings. The second-order valence-corrected chi connectivity index (χ2v) is 7.03. The van der Waals surface area contributed by atoms with Gasteiger partial charge in [0, 0.05) is 13.6 Å². The van der Waals surface area contributed by atoms with Gasteiger partial charge in [0.05, 0.1) is 19.2 Å². The van der Waals surface area contributed by atoms with Crippen molar-refractivity contribution in [1.82, 2.24) is 10.2 Å². The van der Waals surface area contributed by atoms with E-state index in [-0.39, 0.29) is 18.5 Å². The van der Waals surface area contributed by atoms with Gasteiger partial charge in [0.25, 0.3) is 0 Å². The Morgan fingerprint density at radius 3 is 2.35 bits per heavy atom. The summed E-state index contributed by atoms with van der Waals surface area (Å²) in [6.45, 7) is 15.1. The first-order valence-corrected chi connectivity index (χ1v) is 8.48. The Morgan fingerprint density at radius 2 is 1.85 bits per heavy atom. The minimum absolute atomic E-state index is 0.233. The minimum atomic E-state index is -0.733. The van der Waals surface area contributed by atoms with Crippen LogP contribution in [0.4, 0.5) is 4.79 Å². The van der Waals surface area contributed by atoms with Gasteiger partial charge in [0.1, 0.15) is 11.4 Å². The SMILES string of the molecule is C=C(C=CC(=C)C(C)N(C)C(=O)C(N)CCNC(=O)OC(C)(C)C)OC. The largest absolute Gasteiger partial charge is 0.497 e. The van der Waals surface area contributed by atoms with Crippen LogP contribution in [-0.4, -0.2) is 55.3 Å². The lowest BCUT2D eigenvalue weighted by atomic mass is 10.1. The maximum Gasteiger partial charge on any atom is 0.407 e. The molecule has 0 aromatic heterocycles. The maximum absolute atomic E-state index is 12.4. The highest BCUT2D eigenvalue weighted by Gasteiger charge is 2.23. The summed E-state index contributed by atoms with van der Waals surface area (Å²) < 4.78 is 10.1. The summed E-state index contributed by atoms with van der Waals surface area (Å²) in [5, 5.41) is 2.59. The van der Waals surface area contributed by atoms with E-state index < -0.39 is 17.7 Å². The van der Waals surface area contributed by atoms with Gasteiger partial charge in [-0.05, 0) is 45.8 Å². The quantitative estimate of drug-likeness (QED) is 0.482. The van der Waals surface area contributed by atoms with Crippen LogP contribution in [-0.2, 0) is 14.3 Å². The lowest BCUT2D eigenvalue weighted by Gasteiger charge is -2.28. The molecule has 26 heavy (non-hydrogen) atoms. The number of methoxy groups -OCH3 is 1. The van der Waals surface area contributed by atoms with E-state index in [0.29, 0.717) is 12.2 Å². The Kier molecular flexibility index (Phi) is 9.72. The van der Waals surface area contributed by atoms with Crippen LogP contribution in [0.2, 0.25) is 0 Å². The molecule has 0 bridgehead atoms. The van der Waals surface area contributed by atoms with Crippen molar-refractivity contribution in [2.75, 3.05) is 20.7 Å². The Hall–Kier alpha value is -2.28. The van der Waals surface area contributed by atoms with Gasteiger partial charge in [-0.3, -0.25) is 4.79 Å². The number of carbonyl (C=O) groups excluding carboxylic acids is 2. The fourth-order valence-electron chi connectivity index (χ4n) is 1.88. The first-order valence-electron chi connectivity index (χ1n) is 8.48. The molecule has 2 atom stereocenters. The van der Waals surface area contributed by atoms with E-state index in [1.807, 2.05) is 6.92 Å². The summed E-state index contributed by atoms with van der Waals surface area (Å²) in [4.78, 5) is 25.6. The van der Waals surface area contributed by atoms with Crippen LogP contribution in [0.25, 0.3) is 0 Å². The highest BCUT2D eigenvalue weighted by atomic mass is 16.6. The van der Waals surface area contributed by atoms with Gasteiger partial charge < -0.3 is 25.4 Å². The summed E-state index contributed by atoms with van der Waals surface area (Å²) in [6.07, 6.45) is 3.20. The van der Waals surface area contributed by atoms with Gasteiger partial charge in [-0.1, -0.05) is 19.2 Å². The van der Waals surface area contributed by atoms with Crippen molar-refractivity contribution in [2.24, 2.45) is 5.73 Å². The Bertz CT molecular complexity index is 549. The van der Waals surface area contributed by atoms with Crippen LogP contribution in [0, 0.1) is 0 Å². The van der Waals surface area contributed by atoms with Crippen LogP contribution in [0.15, 0.2) is 36.6 Å². The normalized spacial score (nSPS) is 13.7. The van der Waals surface area contributed by atoms with Crippen molar-refractivity contribution in [3.8, 4) is 0 Å². The first kappa shape index (κ1) is 23.7. The Morgan fingerprint density at radius 1 is 1.27 bits per heavy atom. The monoisotopic (exact) mass is 367 g/mol. The van der Waals surface area contributed by atoms with Crippen molar-refractivity contribution >= 4 is 12.0 Å². The van der Waals surface area contributed by atoms with Crippen LogP contribution in [0.1, 0.15) is 34.1 Å². The van der Waals surface area contributed by atoms with Gasteiger partial charge in [-0.2, -0.15) is 0 Å². The van der Waals surface area contributed by atoms with E-state index in [0.717, 1.165) is 5.57 Å². The number of likely N-dealkylation sites (N-methyl/N-ethyl adjacent to an activating group) is 1. The molecule has 0 aromatic carbocycles. The number of amides is 2. The summed E-state index contributed by atoms with van der Waals surface area (Å²) in [6, 6.07) is -0.976. The molecule has 0 aliphatic heterocycles. The molecule has 0 aliphatic carbocycles. The van der Waals surface area contributed by atoms with Gasteiger partial charge in [-0.15, -0.1) is 0 Å². The zero-order chi connectivity index (χ0) is 20.5. The highest BCUT2D eigenvalue weighted by molar-refractivity contribution is 5.82. The molecule has 7 nitrogen and oxygen atoms in total. The van der Waals surface area contributed by atoms with E-state index in [1.54, 1.807) is 40.0 Å². The number of rotatable bonds is 9. The van der Waals surface area contributed by atoms with Gasteiger partial charge in [0.2, 0.25) is 5.91 Å². The maximum atomic E-state index is 12.4. The molecular formula is C19H33N3O4. The predicted molar refractivity (Wildman–Crippen MR) is 103 cm³/mol. The standard InChI is InChI=1S/C19H33N3O4/c1-13(9-10-14(2)25-8)15(3)22(7)17(23)16(20)11-12-21-18(24)26-19(4,5)6/h9-10,15-16H,1-2,11-12,20H2,3-8H3,(H,21,24). The predicted octanol–water partition coefficient (Wildman–Crippen LogP) is 2.35. The zero-order valence-corrected chi connectivity index (χ0v) is 16.8. The first-order chi connectivity index (χ1) is 11.9. The molecule has 2 unspecified atom stereocenters. The van der Waals surface area contributed by atoms with Gasteiger partial charge in [0.15, 0.2) is 0 Å². The average Bonchev–Trinajstić information content (AvgIpc) is 2.55. The molecule has 0 aliphatic rings. The molecule has 0 saturated carbocycles. The van der Waals surface area contributed by atoms with Crippen molar-refractivity contribution in [3.63, 3.8) is 0 Å². The number of carbonyl (C=O) groups is 2. The van der Waals surface area contributed by atoms with Crippen molar-refractivity contribution in [1.29, 1.82) is 0 Å². The summed E-state index contributed by atoms with van der Waals surface area (Å²) in [5.74, 6) is 0.265. The number of allylic oxidation sites excluding steroid dienone is 1. The third-order valence-corrected chi connectivity index (χ3v) is 3.65. The molecule has 0 saturated heterocycles. The fourth-order valence-corrected chi connectivity index (χ4v) is 1.88. The average molecular weight is 367 g/mol. The molecule has 7 heteroatoms. The molecule has 148 valence electrons. The summed E-state index contributed by atoms with van der Waals surface area (Å²) >= 11 is 0. The summed E-state index contributed by atoms with van der Waals surface area (Å²) in [7, 11) is 3.19. The number of nitrogens with two attached hydrogens (primary N) is 1. The van der Waals surface area contributed by atoms with Crippen LogP contribution in [0.5, 0.6) is 0 Å². The van der Waals surface area contributed by atoms with Gasteiger partial charge >= 0.3 is 6.09 Å². The van der Waals surface area contributed by atoms with Crippen LogP contribution < -0.4 is 11.1 Å². The molecule has 2 amide bonds. The molecule has 0 radical (unpaired) electrons. The van der Waals surface area contributed by atoms with Crippen LogP contribution >= 0.6 is 0 Å². The number of hydrogen-bond donors (Lipinski definition) is 2.